The lowest BCUT2D eigenvalue weighted by Gasteiger charge is -2.25. The van der Waals surface area contributed by atoms with E-state index < -0.39 is 0 Å². The van der Waals surface area contributed by atoms with Gasteiger partial charge in [0.15, 0.2) is 0 Å². The summed E-state index contributed by atoms with van der Waals surface area (Å²) < 4.78 is 10.8. The van der Waals surface area contributed by atoms with Crippen molar-refractivity contribution in [3.05, 3.63) is 59.2 Å². The fourth-order valence-corrected chi connectivity index (χ4v) is 4.90. The van der Waals surface area contributed by atoms with Crippen molar-refractivity contribution in [3.63, 3.8) is 0 Å². The molecule has 0 unspecified atom stereocenters. The second kappa shape index (κ2) is 10.6. The Morgan fingerprint density at radius 2 is 1.72 bits per heavy atom. The molecule has 0 spiro atoms. The number of carbonyl (C=O) groups excluding carboxylic acids is 1. The van der Waals surface area contributed by atoms with Gasteiger partial charge in [0.05, 0.1) is 14.2 Å². The SMILES string of the molecule is CCCCCCc1ccc(C(=O)N2CCS[C@@H]2c2cc(OC)cc(OC)c2)cc1. The van der Waals surface area contributed by atoms with Crippen molar-refractivity contribution in [1.29, 1.82) is 0 Å². The fourth-order valence-electron chi connectivity index (χ4n) is 3.66. The van der Waals surface area contributed by atoms with Gasteiger partial charge in [0, 0.05) is 23.9 Å². The maximum atomic E-state index is 13.2. The van der Waals surface area contributed by atoms with Crippen molar-refractivity contribution in [2.45, 2.75) is 44.4 Å². The van der Waals surface area contributed by atoms with Gasteiger partial charge < -0.3 is 14.4 Å². The third kappa shape index (κ3) is 5.47. The van der Waals surface area contributed by atoms with Crippen molar-refractivity contribution in [3.8, 4) is 11.5 Å². The molecule has 2 aromatic carbocycles. The average Bonchev–Trinajstić information content (AvgIpc) is 3.26. The molecule has 0 N–H and O–H groups in total. The van der Waals surface area contributed by atoms with Gasteiger partial charge in [-0.15, -0.1) is 11.8 Å². The molecule has 1 heterocycles. The van der Waals surface area contributed by atoms with Crippen LogP contribution < -0.4 is 9.47 Å². The Morgan fingerprint density at radius 1 is 1.03 bits per heavy atom. The molecule has 1 saturated heterocycles. The Kier molecular flexibility index (Phi) is 7.87. The highest BCUT2D eigenvalue weighted by Gasteiger charge is 2.32. The number of amides is 1. The predicted molar refractivity (Wildman–Crippen MR) is 120 cm³/mol. The molecule has 1 aliphatic heterocycles. The van der Waals surface area contributed by atoms with Crippen molar-refractivity contribution >= 4 is 17.7 Å². The Labute approximate surface area is 178 Å². The molecule has 1 aliphatic rings. The average molecular weight is 414 g/mol. The van der Waals surface area contributed by atoms with Crippen LogP contribution in [0.2, 0.25) is 0 Å². The largest absolute Gasteiger partial charge is 0.497 e. The molecule has 0 aliphatic carbocycles. The molecule has 0 radical (unpaired) electrons. The molecule has 156 valence electrons. The molecule has 5 heteroatoms. The summed E-state index contributed by atoms with van der Waals surface area (Å²) in [5.74, 6) is 2.49. The summed E-state index contributed by atoms with van der Waals surface area (Å²) in [7, 11) is 3.29. The van der Waals surface area contributed by atoms with E-state index in [0.29, 0.717) is 0 Å². The van der Waals surface area contributed by atoms with Crippen LogP contribution in [0.5, 0.6) is 11.5 Å². The molecular weight excluding hydrogens is 382 g/mol. The van der Waals surface area contributed by atoms with Crippen LogP contribution in [-0.2, 0) is 6.42 Å². The molecule has 0 saturated carbocycles. The molecule has 1 atom stereocenters. The highest BCUT2D eigenvalue weighted by atomic mass is 32.2. The van der Waals surface area contributed by atoms with E-state index in [4.69, 9.17) is 9.47 Å². The highest BCUT2D eigenvalue weighted by Crippen LogP contribution is 2.41. The van der Waals surface area contributed by atoms with Gasteiger partial charge in [0.1, 0.15) is 16.9 Å². The molecular formula is C24H31NO3S. The molecule has 2 aromatic rings. The first-order valence-corrected chi connectivity index (χ1v) is 11.5. The van der Waals surface area contributed by atoms with Crippen molar-refractivity contribution < 1.29 is 14.3 Å². The van der Waals surface area contributed by atoms with Crippen LogP contribution in [0, 0.1) is 0 Å². The summed E-state index contributed by atoms with van der Waals surface area (Å²) in [6.45, 7) is 2.97. The number of carbonyl (C=O) groups is 1. The molecule has 0 bridgehead atoms. The zero-order valence-corrected chi connectivity index (χ0v) is 18.5. The molecule has 3 rings (SSSR count). The van der Waals surface area contributed by atoms with Crippen LogP contribution >= 0.6 is 11.8 Å². The van der Waals surface area contributed by atoms with E-state index in [0.717, 1.165) is 41.3 Å². The Hall–Kier alpha value is -2.14. The van der Waals surface area contributed by atoms with Crippen molar-refractivity contribution in [2.75, 3.05) is 26.5 Å². The first-order chi connectivity index (χ1) is 14.2. The number of nitrogens with zero attached hydrogens (tertiary/aromatic N) is 1. The summed E-state index contributed by atoms with van der Waals surface area (Å²) in [6.07, 6.45) is 6.11. The molecule has 29 heavy (non-hydrogen) atoms. The minimum Gasteiger partial charge on any atom is -0.497 e. The lowest BCUT2D eigenvalue weighted by Crippen LogP contribution is -2.30. The highest BCUT2D eigenvalue weighted by molar-refractivity contribution is 7.99. The minimum absolute atomic E-state index is 0.0276. The minimum atomic E-state index is -0.0276. The van der Waals surface area contributed by atoms with Crippen LogP contribution in [0.15, 0.2) is 42.5 Å². The number of unbranched alkanes of at least 4 members (excludes halogenated alkanes) is 3. The lowest BCUT2D eigenvalue weighted by atomic mass is 10.0. The third-order valence-electron chi connectivity index (χ3n) is 5.33. The van der Waals surface area contributed by atoms with E-state index in [1.54, 1.807) is 26.0 Å². The van der Waals surface area contributed by atoms with E-state index in [9.17, 15) is 4.79 Å². The number of thioether (sulfide) groups is 1. The van der Waals surface area contributed by atoms with Crippen LogP contribution in [0.25, 0.3) is 0 Å². The summed E-state index contributed by atoms with van der Waals surface area (Å²) in [6, 6.07) is 14.0. The summed E-state index contributed by atoms with van der Waals surface area (Å²) >= 11 is 1.78. The second-order valence-corrected chi connectivity index (χ2v) is 8.56. The molecule has 0 aromatic heterocycles. The van der Waals surface area contributed by atoms with Crippen molar-refractivity contribution in [2.24, 2.45) is 0 Å². The maximum absolute atomic E-state index is 13.2. The monoisotopic (exact) mass is 413 g/mol. The summed E-state index contributed by atoms with van der Waals surface area (Å²) in [5, 5.41) is -0.0276. The van der Waals surface area contributed by atoms with Crippen LogP contribution in [0.3, 0.4) is 0 Å². The number of rotatable bonds is 9. The van der Waals surface area contributed by atoms with Gasteiger partial charge in [-0.2, -0.15) is 0 Å². The van der Waals surface area contributed by atoms with E-state index in [1.165, 1.54) is 31.2 Å². The first-order valence-electron chi connectivity index (χ1n) is 10.4. The number of ether oxygens (including phenoxy) is 2. The van der Waals surface area contributed by atoms with Gasteiger partial charge in [-0.1, -0.05) is 38.3 Å². The van der Waals surface area contributed by atoms with E-state index in [1.807, 2.05) is 35.2 Å². The Bertz CT molecular complexity index is 784. The molecule has 4 nitrogen and oxygen atoms in total. The standard InChI is InChI=1S/C24H31NO3S/c1-4-5-6-7-8-18-9-11-19(12-10-18)23(26)25-13-14-29-24(25)20-15-21(27-2)17-22(16-20)28-3/h9-12,15-17,24H,4-8,13-14H2,1-3H3/t24-/m1/s1. The Morgan fingerprint density at radius 3 is 2.34 bits per heavy atom. The topological polar surface area (TPSA) is 38.8 Å². The van der Waals surface area contributed by atoms with E-state index in [2.05, 4.69) is 19.1 Å². The smallest absolute Gasteiger partial charge is 0.255 e. The number of benzene rings is 2. The van der Waals surface area contributed by atoms with Gasteiger partial charge in [-0.05, 0) is 48.2 Å². The number of aryl methyl sites for hydroxylation is 1. The van der Waals surface area contributed by atoms with Crippen molar-refractivity contribution in [1.82, 2.24) is 4.90 Å². The van der Waals surface area contributed by atoms with Crippen LogP contribution in [-0.4, -0.2) is 37.3 Å². The molecule has 1 fully saturated rings. The van der Waals surface area contributed by atoms with Crippen LogP contribution in [0.1, 0.15) is 59.5 Å². The third-order valence-corrected chi connectivity index (χ3v) is 6.59. The number of methoxy groups -OCH3 is 2. The lowest BCUT2D eigenvalue weighted by molar-refractivity contribution is 0.0760. The number of hydrogen-bond donors (Lipinski definition) is 0. The van der Waals surface area contributed by atoms with Gasteiger partial charge in [-0.25, -0.2) is 0 Å². The first kappa shape index (κ1) is 21.6. The number of hydrogen-bond acceptors (Lipinski definition) is 4. The van der Waals surface area contributed by atoms with Gasteiger partial charge >= 0.3 is 0 Å². The zero-order chi connectivity index (χ0) is 20.6. The van der Waals surface area contributed by atoms with Gasteiger partial charge in [-0.3, -0.25) is 4.79 Å². The summed E-state index contributed by atoms with van der Waals surface area (Å²) in [5.41, 5.74) is 3.09. The normalized spacial score (nSPS) is 16.1. The fraction of sp³-hybridized carbons (Fsp3) is 0.458. The predicted octanol–water partition coefficient (Wildman–Crippen LogP) is 5.71. The second-order valence-electron chi connectivity index (χ2n) is 7.38. The Balaban J connectivity index is 1.71. The van der Waals surface area contributed by atoms with Gasteiger partial charge in [0.25, 0.3) is 5.91 Å². The summed E-state index contributed by atoms with van der Waals surface area (Å²) in [4.78, 5) is 15.2. The maximum Gasteiger partial charge on any atom is 0.255 e. The van der Waals surface area contributed by atoms with E-state index in [-0.39, 0.29) is 11.3 Å². The van der Waals surface area contributed by atoms with Crippen LogP contribution in [0.4, 0.5) is 0 Å². The van der Waals surface area contributed by atoms with E-state index >= 15 is 0 Å². The quantitative estimate of drug-likeness (QED) is 0.493. The van der Waals surface area contributed by atoms with Gasteiger partial charge in [0.2, 0.25) is 0 Å². The molecule has 1 amide bonds. The zero-order valence-electron chi connectivity index (χ0n) is 17.6.